The summed E-state index contributed by atoms with van der Waals surface area (Å²) in [6.45, 7) is 12.1. The first kappa shape index (κ1) is 16.2. The predicted molar refractivity (Wildman–Crippen MR) is 84.5 cm³/mol. The second-order valence-corrected chi connectivity index (χ2v) is 6.57. The molecule has 0 aliphatic rings. The van der Waals surface area contributed by atoms with E-state index in [1.807, 2.05) is 7.05 Å². The van der Waals surface area contributed by atoms with Crippen molar-refractivity contribution in [3.8, 4) is 0 Å². The Kier molecular flexibility index (Phi) is 5.57. The summed E-state index contributed by atoms with van der Waals surface area (Å²) in [5.74, 6) is 0.485. The van der Waals surface area contributed by atoms with Crippen molar-refractivity contribution in [1.29, 1.82) is 0 Å². The van der Waals surface area contributed by atoms with Gasteiger partial charge in [-0.2, -0.15) is 0 Å². The van der Waals surface area contributed by atoms with E-state index < -0.39 is 0 Å². The fraction of sp³-hybridized carbons (Fsp3) is 0.647. The summed E-state index contributed by atoms with van der Waals surface area (Å²) >= 11 is 0. The molecule has 2 atom stereocenters. The van der Waals surface area contributed by atoms with Gasteiger partial charge < -0.3 is 11.1 Å². The van der Waals surface area contributed by atoms with E-state index in [4.69, 9.17) is 5.73 Å². The van der Waals surface area contributed by atoms with Crippen LogP contribution in [0.3, 0.4) is 0 Å². The predicted octanol–water partition coefficient (Wildman–Crippen LogP) is 3.54. The van der Waals surface area contributed by atoms with Crippen LogP contribution in [0, 0.1) is 12.8 Å². The van der Waals surface area contributed by atoms with Gasteiger partial charge >= 0.3 is 0 Å². The molecule has 0 fully saturated rings. The number of hydrogen-bond donors (Lipinski definition) is 2. The zero-order valence-corrected chi connectivity index (χ0v) is 13.4. The Morgan fingerprint density at radius 2 is 1.89 bits per heavy atom. The summed E-state index contributed by atoms with van der Waals surface area (Å²) in [7, 11) is 1.99. The van der Waals surface area contributed by atoms with Crippen molar-refractivity contribution in [2.75, 3.05) is 13.6 Å². The van der Waals surface area contributed by atoms with Crippen molar-refractivity contribution in [1.82, 2.24) is 5.32 Å². The monoisotopic (exact) mass is 262 g/mol. The van der Waals surface area contributed by atoms with Crippen LogP contribution in [-0.2, 0) is 5.41 Å². The van der Waals surface area contributed by atoms with Gasteiger partial charge in [-0.15, -0.1) is 0 Å². The maximum Gasteiger partial charge on any atom is 0.0338 e. The van der Waals surface area contributed by atoms with Gasteiger partial charge in [0, 0.05) is 6.04 Å². The molecule has 0 aliphatic heterocycles. The summed E-state index contributed by atoms with van der Waals surface area (Å²) in [4.78, 5) is 0. The van der Waals surface area contributed by atoms with Crippen LogP contribution in [0.2, 0.25) is 0 Å². The van der Waals surface area contributed by atoms with Crippen molar-refractivity contribution in [3.05, 3.63) is 34.9 Å². The molecule has 0 aromatic heterocycles. The quantitative estimate of drug-likeness (QED) is 0.852. The number of hydrogen-bond acceptors (Lipinski definition) is 2. The van der Waals surface area contributed by atoms with Crippen LogP contribution in [0.5, 0.6) is 0 Å². The van der Waals surface area contributed by atoms with Gasteiger partial charge in [0.05, 0.1) is 0 Å². The van der Waals surface area contributed by atoms with Crippen molar-refractivity contribution in [2.45, 2.75) is 52.5 Å². The van der Waals surface area contributed by atoms with E-state index >= 15 is 0 Å². The SMILES string of the molecule is CCC(CNC)C(N)c1cc(C(C)(C)C)ccc1C. The van der Waals surface area contributed by atoms with E-state index in [0.717, 1.165) is 13.0 Å². The molecule has 1 aromatic carbocycles. The molecule has 2 unspecified atom stereocenters. The molecule has 0 amide bonds. The van der Waals surface area contributed by atoms with Crippen LogP contribution in [0.4, 0.5) is 0 Å². The molecule has 2 nitrogen and oxygen atoms in total. The highest BCUT2D eigenvalue weighted by molar-refractivity contribution is 5.36. The fourth-order valence-corrected chi connectivity index (χ4v) is 2.51. The van der Waals surface area contributed by atoms with Gasteiger partial charge in [0.15, 0.2) is 0 Å². The number of nitrogens with two attached hydrogens (primary N) is 1. The van der Waals surface area contributed by atoms with E-state index in [0.29, 0.717) is 5.92 Å². The molecule has 19 heavy (non-hydrogen) atoms. The van der Waals surface area contributed by atoms with E-state index in [1.165, 1.54) is 16.7 Å². The van der Waals surface area contributed by atoms with Gasteiger partial charge in [-0.1, -0.05) is 52.3 Å². The molecule has 1 rings (SSSR count). The summed E-state index contributed by atoms with van der Waals surface area (Å²) in [6, 6.07) is 6.85. The van der Waals surface area contributed by atoms with Crippen LogP contribution in [-0.4, -0.2) is 13.6 Å². The molecule has 0 heterocycles. The normalized spacial score (nSPS) is 15.3. The van der Waals surface area contributed by atoms with E-state index in [9.17, 15) is 0 Å². The Morgan fingerprint density at radius 1 is 1.26 bits per heavy atom. The molecule has 1 aromatic rings. The highest BCUT2D eigenvalue weighted by Crippen LogP contribution is 2.30. The van der Waals surface area contributed by atoms with Crippen molar-refractivity contribution < 1.29 is 0 Å². The van der Waals surface area contributed by atoms with E-state index in [-0.39, 0.29) is 11.5 Å². The van der Waals surface area contributed by atoms with Gasteiger partial charge in [0.2, 0.25) is 0 Å². The molecule has 0 spiro atoms. The second-order valence-electron chi connectivity index (χ2n) is 6.57. The molecular weight excluding hydrogens is 232 g/mol. The van der Waals surface area contributed by atoms with Gasteiger partial charge in [-0.05, 0) is 48.5 Å². The standard InChI is InChI=1S/C17H30N2/c1-7-13(11-19-6)16(18)15-10-14(17(3,4)5)9-8-12(15)2/h8-10,13,16,19H,7,11,18H2,1-6H3. The number of rotatable bonds is 5. The van der Waals surface area contributed by atoms with Crippen LogP contribution < -0.4 is 11.1 Å². The fourth-order valence-electron chi connectivity index (χ4n) is 2.51. The average Bonchev–Trinajstić information content (AvgIpc) is 2.34. The topological polar surface area (TPSA) is 38.0 Å². The molecule has 3 N–H and O–H groups in total. The minimum Gasteiger partial charge on any atom is -0.324 e. The lowest BCUT2D eigenvalue weighted by Gasteiger charge is -2.27. The van der Waals surface area contributed by atoms with Gasteiger partial charge in [0.25, 0.3) is 0 Å². The second kappa shape index (κ2) is 6.53. The van der Waals surface area contributed by atoms with Crippen molar-refractivity contribution >= 4 is 0 Å². The number of benzene rings is 1. The number of nitrogens with one attached hydrogen (secondary N) is 1. The largest absolute Gasteiger partial charge is 0.324 e. The Labute approximate surface area is 118 Å². The summed E-state index contributed by atoms with van der Waals surface area (Å²) < 4.78 is 0. The minimum absolute atomic E-state index is 0.111. The molecule has 108 valence electrons. The molecular formula is C17H30N2. The van der Waals surface area contributed by atoms with E-state index in [1.54, 1.807) is 0 Å². The Bertz CT molecular complexity index is 404. The molecule has 0 saturated heterocycles. The first-order chi connectivity index (χ1) is 8.81. The van der Waals surface area contributed by atoms with Crippen LogP contribution >= 0.6 is 0 Å². The Balaban J connectivity index is 3.11. The summed E-state index contributed by atoms with van der Waals surface area (Å²) in [5.41, 5.74) is 10.6. The van der Waals surface area contributed by atoms with Gasteiger partial charge in [-0.3, -0.25) is 0 Å². The Morgan fingerprint density at radius 3 is 2.37 bits per heavy atom. The third kappa shape index (κ3) is 4.05. The maximum absolute atomic E-state index is 6.51. The summed E-state index contributed by atoms with van der Waals surface area (Å²) in [6.07, 6.45) is 1.10. The van der Waals surface area contributed by atoms with Crippen molar-refractivity contribution in [3.63, 3.8) is 0 Å². The first-order valence-corrected chi connectivity index (χ1v) is 7.32. The highest BCUT2D eigenvalue weighted by Gasteiger charge is 2.21. The first-order valence-electron chi connectivity index (χ1n) is 7.32. The average molecular weight is 262 g/mol. The lowest BCUT2D eigenvalue weighted by Crippen LogP contribution is -2.30. The van der Waals surface area contributed by atoms with Gasteiger partial charge in [-0.25, -0.2) is 0 Å². The molecule has 0 radical (unpaired) electrons. The van der Waals surface area contributed by atoms with Crippen LogP contribution in [0.15, 0.2) is 18.2 Å². The van der Waals surface area contributed by atoms with E-state index in [2.05, 4.69) is 58.1 Å². The molecule has 0 saturated carbocycles. The zero-order valence-electron chi connectivity index (χ0n) is 13.4. The maximum atomic E-state index is 6.51. The van der Waals surface area contributed by atoms with Gasteiger partial charge in [0.1, 0.15) is 0 Å². The van der Waals surface area contributed by atoms with Crippen LogP contribution in [0.1, 0.15) is 56.8 Å². The third-order valence-electron chi connectivity index (χ3n) is 4.00. The van der Waals surface area contributed by atoms with Crippen LogP contribution in [0.25, 0.3) is 0 Å². The smallest absolute Gasteiger partial charge is 0.0338 e. The molecule has 2 heteroatoms. The summed E-state index contributed by atoms with van der Waals surface area (Å²) in [5, 5.41) is 3.25. The number of aryl methyl sites for hydroxylation is 1. The lowest BCUT2D eigenvalue weighted by atomic mass is 9.82. The van der Waals surface area contributed by atoms with Crippen molar-refractivity contribution in [2.24, 2.45) is 11.7 Å². The molecule has 0 bridgehead atoms. The Hall–Kier alpha value is -0.860. The molecule has 0 aliphatic carbocycles. The lowest BCUT2D eigenvalue weighted by molar-refractivity contribution is 0.401. The highest BCUT2D eigenvalue weighted by atomic mass is 14.8. The third-order valence-corrected chi connectivity index (χ3v) is 4.00. The zero-order chi connectivity index (χ0) is 14.6. The minimum atomic E-state index is 0.111.